The first-order chi connectivity index (χ1) is 13.8. The van der Waals surface area contributed by atoms with Crippen molar-refractivity contribution < 1.29 is 13.2 Å². The zero-order valence-electron chi connectivity index (χ0n) is 16.2. The van der Waals surface area contributed by atoms with E-state index >= 15 is 0 Å². The number of hydrogen-bond acceptors (Lipinski definition) is 5. The maximum atomic E-state index is 12.6. The van der Waals surface area contributed by atoms with Gasteiger partial charge in [-0.2, -0.15) is 0 Å². The van der Waals surface area contributed by atoms with Gasteiger partial charge in [0, 0.05) is 17.2 Å². The standard InChI is InChI=1S/C21H22N4O3S/c1-15(2)21(26)25-17-8-10-19(11-9-17)29(27,28)24-13-18-12-20(23-14-22-18)16-6-4-3-5-7-16/h3-12,14-15,24H,13H2,1-2H3,(H,25,26). The number of nitrogens with zero attached hydrogens (tertiary/aromatic N) is 2. The number of nitrogens with one attached hydrogen (secondary N) is 2. The molecule has 0 saturated heterocycles. The first kappa shape index (κ1) is 20.6. The van der Waals surface area contributed by atoms with Gasteiger partial charge in [0.15, 0.2) is 0 Å². The number of anilines is 1. The topological polar surface area (TPSA) is 101 Å². The molecule has 2 N–H and O–H groups in total. The van der Waals surface area contributed by atoms with Crippen molar-refractivity contribution in [2.45, 2.75) is 25.3 Å². The van der Waals surface area contributed by atoms with Gasteiger partial charge in [0.2, 0.25) is 15.9 Å². The molecule has 150 valence electrons. The first-order valence-corrected chi connectivity index (χ1v) is 10.6. The minimum Gasteiger partial charge on any atom is -0.326 e. The first-order valence-electron chi connectivity index (χ1n) is 9.12. The van der Waals surface area contributed by atoms with Gasteiger partial charge < -0.3 is 5.32 Å². The number of benzene rings is 2. The van der Waals surface area contributed by atoms with Gasteiger partial charge in [0.1, 0.15) is 6.33 Å². The summed E-state index contributed by atoms with van der Waals surface area (Å²) in [6, 6.07) is 17.4. The molecule has 0 spiro atoms. The van der Waals surface area contributed by atoms with Crippen LogP contribution in [0.1, 0.15) is 19.5 Å². The zero-order valence-corrected chi connectivity index (χ0v) is 17.0. The average molecular weight is 410 g/mol. The van der Waals surface area contributed by atoms with E-state index < -0.39 is 10.0 Å². The number of carbonyl (C=O) groups is 1. The van der Waals surface area contributed by atoms with Crippen molar-refractivity contribution in [3.8, 4) is 11.3 Å². The number of sulfonamides is 1. The van der Waals surface area contributed by atoms with Gasteiger partial charge in [-0.15, -0.1) is 0 Å². The van der Waals surface area contributed by atoms with Crippen LogP contribution in [0.2, 0.25) is 0 Å². The van der Waals surface area contributed by atoms with Crippen LogP contribution in [0, 0.1) is 5.92 Å². The molecule has 0 aliphatic rings. The highest BCUT2D eigenvalue weighted by molar-refractivity contribution is 7.89. The van der Waals surface area contributed by atoms with Gasteiger partial charge in [-0.1, -0.05) is 44.2 Å². The summed E-state index contributed by atoms with van der Waals surface area (Å²) in [6.45, 7) is 3.61. The van der Waals surface area contributed by atoms with Crippen molar-refractivity contribution >= 4 is 21.6 Å². The van der Waals surface area contributed by atoms with E-state index in [1.807, 2.05) is 30.3 Å². The van der Waals surface area contributed by atoms with Crippen LogP contribution in [0.5, 0.6) is 0 Å². The summed E-state index contributed by atoms with van der Waals surface area (Å²) in [5, 5.41) is 2.73. The van der Waals surface area contributed by atoms with Crippen molar-refractivity contribution in [2.75, 3.05) is 5.32 Å². The highest BCUT2D eigenvalue weighted by Crippen LogP contribution is 2.17. The van der Waals surface area contributed by atoms with Crippen molar-refractivity contribution in [1.29, 1.82) is 0 Å². The molecular weight excluding hydrogens is 388 g/mol. The molecule has 0 aliphatic heterocycles. The molecule has 0 saturated carbocycles. The van der Waals surface area contributed by atoms with Crippen LogP contribution in [0.15, 0.2) is 71.9 Å². The molecule has 0 radical (unpaired) electrons. The number of rotatable bonds is 7. The molecule has 0 unspecified atom stereocenters. The third-order valence-corrected chi connectivity index (χ3v) is 5.61. The maximum Gasteiger partial charge on any atom is 0.240 e. The summed E-state index contributed by atoms with van der Waals surface area (Å²) in [5.74, 6) is -0.287. The Balaban J connectivity index is 1.68. The van der Waals surface area contributed by atoms with Gasteiger partial charge >= 0.3 is 0 Å². The Morgan fingerprint density at radius 3 is 2.34 bits per heavy atom. The molecule has 0 fully saturated rings. The second-order valence-electron chi connectivity index (χ2n) is 6.75. The Morgan fingerprint density at radius 2 is 1.69 bits per heavy atom. The van der Waals surface area contributed by atoms with E-state index in [-0.39, 0.29) is 23.3 Å². The van der Waals surface area contributed by atoms with Crippen LogP contribution in [0.4, 0.5) is 5.69 Å². The predicted molar refractivity (Wildman–Crippen MR) is 111 cm³/mol. The molecule has 0 atom stereocenters. The van der Waals surface area contributed by atoms with E-state index in [0.717, 1.165) is 11.3 Å². The predicted octanol–water partition coefficient (Wildman–Crippen LogP) is 3.22. The van der Waals surface area contributed by atoms with E-state index in [0.29, 0.717) is 11.4 Å². The monoisotopic (exact) mass is 410 g/mol. The Hall–Kier alpha value is -3.10. The Morgan fingerprint density at radius 1 is 1.00 bits per heavy atom. The molecule has 0 aliphatic carbocycles. The van der Waals surface area contributed by atoms with Gasteiger partial charge in [-0.25, -0.2) is 23.1 Å². The van der Waals surface area contributed by atoms with Crippen LogP contribution < -0.4 is 10.0 Å². The van der Waals surface area contributed by atoms with E-state index in [2.05, 4.69) is 20.0 Å². The normalized spacial score (nSPS) is 11.4. The molecule has 3 rings (SSSR count). The van der Waals surface area contributed by atoms with Crippen LogP contribution >= 0.6 is 0 Å². The molecule has 2 aromatic carbocycles. The van der Waals surface area contributed by atoms with Gasteiger partial charge in [-0.05, 0) is 30.3 Å². The second-order valence-corrected chi connectivity index (χ2v) is 8.52. The summed E-state index contributed by atoms with van der Waals surface area (Å²) >= 11 is 0. The number of aromatic nitrogens is 2. The van der Waals surface area contributed by atoms with Crippen molar-refractivity contribution in [1.82, 2.24) is 14.7 Å². The summed E-state index contributed by atoms with van der Waals surface area (Å²) < 4.78 is 27.7. The zero-order chi connectivity index (χ0) is 20.9. The van der Waals surface area contributed by atoms with Crippen molar-refractivity contribution in [2.24, 2.45) is 5.92 Å². The van der Waals surface area contributed by atoms with E-state index in [1.165, 1.54) is 18.5 Å². The fourth-order valence-electron chi connectivity index (χ4n) is 2.52. The summed E-state index contributed by atoms with van der Waals surface area (Å²) in [4.78, 5) is 20.2. The van der Waals surface area contributed by atoms with Crippen LogP contribution in [0.3, 0.4) is 0 Å². The SMILES string of the molecule is CC(C)C(=O)Nc1ccc(S(=O)(=O)NCc2cc(-c3ccccc3)ncn2)cc1. The highest BCUT2D eigenvalue weighted by atomic mass is 32.2. The minimum absolute atomic E-state index is 0.0382. The fourth-order valence-corrected chi connectivity index (χ4v) is 3.52. The Bertz CT molecular complexity index is 1080. The number of carbonyl (C=O) groups excluding carboxylic acids is 1. The second kappa shape index (κ2) is 8.93. The smallest absolute Gasteiger partial charge is 0.240 e. The lowest BCUT2D eigenvalue weighted by Gasteiger charge is -2.10. The summed E-state index contributed by atoms with van der Waals surface area (Å²) in [5.41, 5.74) is 2.76. The van der Waals surface area contributed by atoms with Crippen LogP contribution in [0.25, 0.3) is 11.3 Å². The summed E-state index contributed by atoms with van der Waals surface area (Å²) in [7, 11) is -3.72. The molecule has 7 nitrogen and oxygen atoms in total. The van der Waals surface area contributed by atoms with Crippen molar-refractivity contribution in [3.63, 3.8) is 0 Å². The molecule has 1 heterocycles. The lowest BCUT2D eigenvalue weighted by Crippen LogP contribution is -2.24. The van der Waals surface area contributed by atoms with Gasteiger partial charge in [-0.3, -0.25) is 4.79 Å². The maximum absolute atomic E-state index is 12.6. The van der Waals surface area contributed by atoms with Crippen LogP contribution in [-0.2, 0) is 21.4 Å². The Kier molecular flexibility index (Phi) is 6.36. The lowest BCUT2D eigenvalue weighted by molar-refractivity contribution is -0.118. The molecule has 29 heavy (non-hydrogen) atoms. The van der Waals surface area contributed by atoms with Gasteiger partial charge in [0.25, 0.3) is 0 Å². The molecular formula is C21H22N4O3S. The Labute approximate surface area is 170 Å². The number of amides is 1. The van der Waals surface area contributed by atoms with E-state index in [9.17, 15) is 13.2 Å². The number of hydrogen-bond donors (Lipinski definition) is 2. The van der Waals surface area contributed by atoms with E-state index in [4.69, 9.17) is 0 Å². The molecule has 1 aromatic heterocycles. The molecule has 3 aromatic rings. The molecule has 8 heteroatoms. The molecule has 0 bridgehead atoms. The van der Waals surface area contributed by atoms with Gasteiger partial charge in [0.05, 0.1) is 22.8 Å². The highest BCUT2D eigenvalue weighted by Gasteiger charge is 2.15. The summed E-state index contributed by atoms with van der Waals surface area (Å²) in [6.07, 6.45) is 1.41. The minimum atomic E-state index is -3.72. The van der Waals surface area contributed by atoms with E-state index in [1.54, 1.807) is 32.0 Å². The third kappa shape index (κ3) is 5.46. The van der Waals surface area contributed by atoms with Crippen molar-refractivity contribution in [3.05, 3.63) is 72.7 Å². The lowest BCUT2D eigenvalue weighted by atomic mass is 10.1. The average Bonchev–Trinajstić information content (AvgIpc) is 2.73. The quantitative estimate of drug-likeness (QED) is 0.623. The third-order valence-electron chi connectivity index (χ3n) is 4.19. The van der Waals surface area contributed by atoms with Crippen LogP contribution in [-0.4, -0.2) is 24.3 Å². The molecule has 1 amide bonds. The largest absolute Gasteiger partial charge is 0.326 e. The fraction of sp³-hybridized carbons (Fsp3) is 0.190.